The van der Waals surface area contributed by atoms with Crippen LogP contribution in [0.3, 0.4) is 0 Å². The highest BCUT2D eigenvalue weighted by molar-refractivity contribution is 9.10. The lowest BCUT2D eigenvalue weighted by Crippen LogP contribution is -2.38. The Balaban J connectivity index is 2.21. The quantitative estimate of drug-likeness (QED) is 0.714. The SMILES string of the molecule is CC(NC(C)(C)c1ccc(Br)cc1)c1ccc(F)cc1Cl. The Morgan fingerprint density at radius 3 is 2.33 bits per heavy atom. The molecule has 0 heterocycles. The topological polar surface area (TPSA) is 12.0 Å². The summed E-state index contributed by atoms with van der Waals surface area (Å²) in [7, 11) is 0. The molecule has 0 radical (unpaired) electrons. The first kappa shape index (κ1) is 16.5. The van der Waals surface area contributed by atoms with Crippen molar-refractivity contribution >= 4 is 27.5 Å². The number of hydrogen-bond acceptors (Lipinski definition) is 1. The van der Waals surface area contributed by atoms with Crippen LogP contribution in [0.25, 0.3) is 0 Å². The molecule has 0 spiro atoms. The van der Waals surface area contributed by atoms with Gasteiger partial charge >= 0.3 is 0 Å². The zero-order valence-electron chi connectivity index (χ0n) is 12.3. The molecule has 1 N–H and O–H groups in total. The van der Waals surface area contributed by atoms with Gasteiger partial charge in [-0.3, -0.25) is 0 Å². The normalized spacial score (nSPS) is 13.2. The molecule has 1 atom stereocenters. The Hall–Kier alpha value is -0.900. The first-order chi connectivity index (χ1) is 9.79. The predicted molar refractivity (Wildman–Crippen MR) is 90.1 cm³/mol. The molecular formula is C17H18BrClFN. The van der Waals surface area contributed by atoms with Gasteiger partial charge in [0.2, 0.25) is 0 Å². The number of nitrogens with one attached hydrogen (secondary N) is 1. The fourth-order valence-corrected chi connectivity index (χ4v) is 3.02. The third-order valence-corrected chi connectivity index (χ3v) is 4.43. The van der Waals surface area contributed by atoms with Gasteiger partial charge in [0.15, 0.2) is 0 Å². The smallest absolute Gasteiger partial charge is 0.124 e. The standard InChI is InChI=1S/C17H18BrClFN/c1-11(15-9-8-14(20)10-16(15)19)21-17(2,3)12-4-6-13(18)7-5-12/h4-11,21H,1-3H3. The van der Waals surface area contributed by atoms with Crippen molar-refractivity contribution in [2.45, 2.75) is 32.4 Å². The van der Waals surface area contributed by atoms with Gasteiger partial charge in [0.05, 0.1) is 0 Å². The van der Waals surface area contributed by atoms with Crippen molar-refractivity contribution in [3.8, 4) is 0 Å². The molecule has 0 aliphatic heterocycles. The van der Waals surface area contributed by atoms with E-state index >= 15 is 0 Å². The molecule has 0 fully saturated rings. The molecule has 1 unspecified atom stereocenters. The summed E-state index contributed by atoms with van der Waals surface area (Å²) in [6.07, 6.45) is 0. The Morgan fingerprint density at radius 2 is 1.76 bits per heavy atom. The molecule has 0 bridgehead atoms. The zero-order chi connectivity index (χ0) is 15.6. The van der Waals surface area contributed by atoms with E-state index in [-0.39, 0.29) is 17.4 Å². The summed E-state index contributed by atoms with van der Waals surface area (Å²) in [5.41, 5.74) is 1.84. The van der Waals surface area contributed by atoms with Crippen molar-refractivity contribution in [2.75, 3.05) is 0 Å². The highest BCUT2D eigenvalue weighted by atomic mass is 79.9. The fraction of sp³-hybridized carbons (Fsp3) is 0.294. The van der Waals surface area contributed by atoms with Crippen LogP contribution in [0.2, 0.25) is 5.02 Å². The predicted octanol–water partition coefficient (Wildman–Crippen LogP) is 5.83. The molecule has 0 amide bonds. The van der Waals surface area contributed by atoms with Gasteiger partial charge in [0, 0.05) is 21.1 Å². The molecule has 4 heteroatoms. The van der Waals surface area contributed by atoms with E-state index < -0.39 is 0 Å². The molecule has 0 aliphatic carbocycles. The van der Waals surface area contributed by atoms with Gasteiger partial charge in [0.1, 0.15) is 5.82 Å². The van der Waals surface area contributed by atoms with Gasteiger partial charge in [-0.2, -0.15) is 0 Å². The summed E-state index contributed by atoms with van der Waals surface area (Å²) in [6, 6.07) is 12.7. The van der Waals surface area contributed by atoms with E-state index in [0.29, 0.717) is 5.02 Å². The van der Waals surface area contributed by atoms with Crippen LogP contribution >= 0.6 is 27.5 Å². The average molecular weight is 371 g/mol. The zero-order valence-corrected chi connectivity index (χ0v) is 14.6. The number of benzene rings is 2. The van der Waals surface area contributed by atoms with Crippen LogP contribution in [-0.2, 0) is 5.54 Å². The van der Waals surface area contributed by atoms with Crippen molar-refractivity contribution in [1.29, 1.82) is 0 Å². The van der Waals surface area contributed by atoms with Crippen LogP contribution in [-0.4, -0.2) is 0 Å². The van der Waals surface area contributed by atoms with Crippen LogP contribution in [0.15, 0.2) is 46.9 Å². The minimum absolute atomic E-state index is 0.0109. The average Bonchev–Trinajstić information content (AvgIpc) is 2.38. The van der Waals surface area contributed by atoms with Gasteiger partial charge in [0.25, 0.3) is 0 Å². The molecular weight excluding hydrogens is 353 g/mol. The molecule has 0 saturated heterocycles. The van der Waals surface area contributed by atoms with Crippen LogP contribution < -0.4 is 5.32 Å². The van der Waals surface area contributed by atoms with Crippen molar-refractivity contribution in [3.63, 3.8) is 0 Å². The van der Waals surface area contributed by atoms with Crippen LogP contribution in [0.1, 0.15) is 37.9 Å². The number of rotatable bonds is 4. The molecule has 0 aliphatic rings. The van der Waals surface area contributed by atoms with E-state index in [9.17, 15) is 4.39 Å². The second kappa shape index (κ2) is 6.47. The van der Waals surface area contributed by atoms with E-state index in [4.69, 9.17) is 11.6 Å². The third kappa shape index (κ3) is 4.06. The largest absolute Gasteiger partial charge is 0.301 e. The Bertz CT molecular complexity index is 625. The molecule has 21 heavy (non-hydrogen) atoms. The van der Waals surface area contributed by atoms with Crippen molar-refractivity contribution in [2.24, 2.45) is 0 Å². The highest BCUT2D eigenvalue weighted by Crippen LogP contribution is 2.29. The lowest BCUT2D eigenvalue weighted by molar-refractivity contribution is 0.357. The second-order valence-corrected chi connectivity index (χ2v) is 6.99. The third-order valence-electron chi connectivity index (χ3n) is 3.57. The monoisotopic (exact) mass is 369 g/mol. The van der Waals surface area contributed by atoms with Gasteiger partial charge in [-0.15, -0.1) is 0 Å². The number of hydrogen-bond donors (Lipinski definition) is 1. The molecule has 2 aromatic carbocycles. The molecule has 1 nitrogen and oxygen atoms in total. The number of halogens is 3. The van der Waals surface area contributed by atoms with Crippen molar-refractivity contribution in [1.82, 2.24) is 5.32 Å². The van der Waals surface area contributed by atoms with E-state index in [1.165, 1.54) is 17.7 Å². The molecule has 2 rings (SSSR count). The maximum atomic E-state index is 13.1. The van der Waals surface area contributed by atoms with E-state index in [1.807, 2.05) is 19.1 Å². The van der Waals surface area contributed by atoms with Crippen LogP contribution in [0.5, 0.6) is 0 Å². The van der Waals surface area contributed by atoms with Gasteiger partial charge in [-0.05, 0) is 56.2 Å². The van der Waals surface area contributed by atoms with Crippen LogP contribution in [0.4, 0.5) is 4.39 Å². The highest BCUT2D eigenvalue weighted by Gasteiger charge is 2.23. The Kier molecular flexibility index (Phi) is 5.07. The van der Waals surface area contributed by atoms with E-state index in [2.05, 4.69) is 47.2 Å². The Morgan fingerprint density at radius 1 is 1.14 bits per heavy atom. The fourth-order valence-electron chi connectivity index (χ4n) is 2.42. The summed E-state index contributed by atoms with van der Waals surface area (Å²) >= 11 is 9.58. The summed E-state index contributed by atoms with van der Waals surface area (Å²) in [5, 5.41) is 3.99. The van der Waals surface area contributed by atoms with E-state index in [0.717, 1.165) is 10.0 Å². The first-order valence-corrected chi connectivity index (χ1v) is 7.95. The van der Waals surface area contributed by atoms with Crippen LogP contribution in [0, 0.1) is 5.82 Å². The van der Waals surface area contributed by atoms with Gasteiger partial charge in [-0.25, -0.2) is 4.39 Å². The van der Waals surface area contributed by atoms with Gasteiger partial charge < -0.3 is 5.32 Å². The lowest BCUT2D eigenvalue weighted by Gasteiger charge is -2.31. The Labute approximate surface area is 138 Å². The summed E-state index contributed by atoms with van der Waals surface area (Å²) in [4.78, 5) is 0. The molecule has 0 saturated carbocycles. The van der Waals surface area contributed by atoms with Gasteiger partial charge in [-0.1, -0.05) is 45.7 Å². The van der Waals surface area contributed by atoms with Crippen molar-refractivity contribution in [3.05, 3.63) is 68.9 Å². The lowest BCUT2D eigenvalue weighted by atomic mass is 9.92. The maximum absolute atomic E-state index is 13.1. The maximum Gasteiger partial charge on any atom is 0.124 e. The first-order valence-electron chi connectivity index (χ1n) is 6.78. The second-order valence-electron chi connectivity index (χ2n) is 5.66. The minimum Gasteiger partial charge on any atom is -0.301 e. The summed E-state index contributed by atoms with van der Waals surface area (Å²) in [6.45, 7) is 6.26. The van der Waals surface area contributed by atoms with E-state index in [1.54, 1.807) is 6.07 Å². The summed E-state index contributed by atoms with van der Waals surface area (Å²) < 4.78 is 14.2. The summed E-state index contributed by atoms with van der Waals surface area (Å²) in [5.74, 6) is -0.317. The van der Waals surface area contributed by atoms with Crippen molar-refractivity contribution < 1.29 is 4.39 Å². The molecule has 0 aromatic heterocycles. The molecule has 2 aromatic rings. The molecule has 112 valence electrons. The minimum atomic E-state index is -0.317.